The van der Waals surface area contributed by atoms with Gasteiger partial charge in [0.1, 0.15) is 5.16 Å². The third-order valence-corrected chi connectivity index (χ3v) is 1.51. The van der Waals surface area contributed by atoms with E-state index in [1.54, 1.807) is 0 Å². The van der Waals surface area contributed by atoms with Crippen molar-refractivity contribution >= 4 is 47.2 Å². The summed E-state index contributed by atoms with van der Waals surface area (Å²) in [5.74, 6) is 0. The van der Waals surface area contributed by atoms with E-state index in [4.69, 9.17) is 34.8 Å². The molecule has 0 fully saturated rings. The lowest BCUT2D eigenvalue weighted by Crippen LogP contribution is -1.94. The summed E-state index contributed by atoms with van der Waals surface area (Å²) in [6.45, 7) is 0. The fourth-order valence-corrected chi connectivity index (χ4v) is 0.928. The first-order valence-electron chi connectivity index (χ1n) is 1.84. The van der Waals surface area contributed by atoms with E-state index in [0.717, 1.165) is 0 Å². The third kappa shape index (κ3) is 1.19. The molecular weight excluding hydrogens is 167 g/mol. The molecule has 41 valence electrons. The van der Waals surface area contributed by atoms with Crippen LogP contribution < -0.4 is 0 Å². The lowest BCUT2D eigenvalue weighted by atomic mass is 9.82. The Balaban J connectivity index is 2.79. The van der Waals surface area contributed by atoms with Crippen LogP contribution in [0.3, 0.4) is 0 Å². The van der Waals surface area contributed by atoms with Gasteiger partial charge in [0.2, 0.25) is 0 Å². The van der Waals surface area contributed by atoms with Crippen LogP contribution in [0.25, 0.3) is 0 Å². The first-order chi connectivity index (χ1) is 3.70. The van der Waals surface area contributed by atoms with Crippen LogP contribution in [0.5, 0.6) is 0 Å². The smallest absolute Gasteiger partial charge is 0.239 e. The second kappa shape index (κ2) is 2.30. The minimum atomic E-state index is 0.261. The number of hydrogen-bond donors (Lipinski definition) is 0. The summed E-state index contributed by atoms with van der Waals surface area (Å²) in [6.07, 6.45) is 0. The van der Waals surface area contributed by atoms with E-state index in [9.17, 15) is 0 Å². The van der Waals surface area contributed by atoms with Crippen LogP contribution in [0.15, 0.2) is 15.1 Å². The second-order valence-electron chi connectivity index (χ2n) is 1.22. The minimum Gasteiger partial charge on any atom is -0.239 e. The fraction of sp³-hybridized carbons (Fsp3) is 0. The molecule has 0 aromatic rings. The summed E-state index contributed by atoms with van der Waals surface area (Å²) < 4.78 is 0. The van der Waals surface area contributed by atoms with Crippen molar-refractivity contribution in [3.63, 3.8) is 0 Å². The molecule has 0 amide bonds. The Bertz CT molecular complexity index is 173. The molecule has 0 bridgehead atoms. The molecule has 0 spiro atoms. The SMILES string of the molecule is ClC1=NC(Cl)=C(Cl)[B]1. The lowest BCUT2D eigenvalue weighted by molar-refractivity contribution is 1.57. The van der Waals surface area contributed by atoms with Crippen LogP contribution in [0.4, 0.5) is 0 Å². The zero-order valence-corrected chi connectivity index (χ0v) is 5.93. The van der Waals surface area contributed by atoms with E-state index < -0.39 is 0 Å². The monoisotopic (exact) mass is 166 g/mol. The maximum absolute atomic E-state index is 5.45. The van der Waals surface area contributed by atoms with Crippen LogP contribution in [0, 0.1) is 0 Å². The molecular formula is C3BCl3N. The molecule has 0 aliphatic carbocycles. The van der Waals surface area contributed by atoms with Crippen molar-refractivity contribution in [3.8, 4) is 0 Å². The third-order valence-electron chi connectivity index (χ3n) is 0.648. The van der Waals surface area contributed by atoms with Gasteiger partial charge in [0.05, 0.1) is 5.07 Å². The van der Waals surface area contributed by atoms with Crippen molar-refractivity contribution in [2.24, 2.45) is 4.99 Å². The molecule has 1 aliphatic rings. The molecule has 8 heavy (non-hydrogen) atoms. The number of aliphatic imine (C=N–C) groups is 1. The molecule has 0 N–H and O–H groups in total. The second-order valence-corrected chi connectivity index (χ2v) is 2.37. The standard InChI is InChI=1S/C3BCl3N/c5-1-2(6)8-3(7)4-1. The van der Waals surface area contributed by atoms with Crippen LogP contribution in [0.1, 0.15) is 0 Å². The predicted molar refractivity (Wildman–Crippen MR) is 37.8 cm³/mol. The molecule has 1 rings (SSSR count). The zero-order chi connectivity index (χ0) is 6.15. The largest absolute Gasteiger partial charge is 0.253 e. The Morgan fingerprint density at radius 2 is 1.88 bits per heavy atom. The van der Waals surface area contributed by atoms with Crippen molar-refractivity contribution in [1.29, 1.82) is 0 Å². The molecule has 1 radical (unpaired) electrons. The molecule has 0 aromatic carbocycles. The lowest BCUT2D eigenvalue weighted by Gasteiger charge is -1.78. The molecule has 1 aliphatic heterocycles. The highest BCUT2D eigenvalue weighted by Gasteiger charge is 2.13. The van der Waals surface area contributed by atoms with Crippen molar-refractivity contribution in [3.05, 3.63) is 10.1 Å². The van der Waals surface area contributed by atoms with E-state index in [1.165, 1.54) is 7.28 Å². The first-order valence-corrected chi connectivity index (χ1v) is 2.98. The van der Waals surface area contributed by atoms with Crippen molar-refractivity contribution in [2.45, 2.75) is 0 Å². The summed E-state index contributed by atoms with van der Waals surface area (Å²) in [5, 5.41) is 0.594. The molecule has 0 saturated heterocycles. The molecule has 0 atom stereocenters. The quantitative estimate of drug-likeness (QED) is 0.386. The summed E-state index contributed by atoms with van der Waals surface area (Å²) in [7, 11) is 1.49. The fourth-order valence-electron chi connectivity index (χ4n) is 0.344. The van der Waals surface area contributed by atoms with Crippen molar-refractivity contribution in [2.75, 3.05) is 0 Å². The van der Waals surface area contributed by atoms with Gasteiger partial charge < -0.3 is 0 Å². The summed E-state index contributed by atoms with van der Waals surface area (Å²) in [6, 6.07) is 0. The Morgan fingerprint density at radius 3 is 2.00 bits per heavy atom. The molecule has 0 unspecified atom stereocenters. The summed E-state index contributed by atoms with van der Waals surface area (Å²) >= 11 is 16.2. The Kier molecular flexibility index (Phi) is 1.86. The van der Waals surface area contributed by atoms with E-state index in [-0.39, 0.29) is 5.16 Å². The zero-order valence-electron chi connectivity index (χ0n) is 3.66. The number of rotatable bonds is 0. The van der Waals surface area contributed by atoms with Crippen LogP contribution in [-0.2, 0) is 0 Å². The molecule has 0 saturated carbocycles. The van der Waals surface area contributed by atoms with Crippen LogP contribution in [-0.4, -0.2) is 12.3 Å². The van der Waals surface area contributed by atoms with E-state index in [1.807, 2.05) is 0 Å². The van der Waals surface area contributed by atoms with Gasteiger partial charge in [0, 0.05) is 4.93 Å². The summed E-state index contributed by atoms with van der Waals surface area (Å²) in [4.78, 5) is 4.01. The predicted octanol–water partition coefficient (Wildman–Crippen LogP) is 1.90. The topological polar surface area (TPSA) is 12.4 Å². The molecule has 0 aromatic heterocycles. The number of nitrogens with zero attached hydrogens (tertiary/aromatic N) is 1. The Labute approximate surface area is 62.6 Å². The maximum atomic E-state index is 5.45. The Morgan fingerprint density at radius 1 is 1.25 bits per heavy atom. The number of halogens is 3. The first kappa shape index (κ1) is 6.46. The van der Waals surface area contributed by atoms with Gasteiger partial charge in [-0.3, -0.25) is 0 Å². The Hall–Kier alpha value is 0.345. The van der Waals surface area contributed by atoms with Gasteiger partial charge >= 0.3 is 0 Å². The molecule has 1 heterocycles. The van der Waals surface area contributed by atoms with Gasteiger partial charge in [0.15, 0.2) is 0 Å². The average Bonchev–Trinajstić information content (AvgIpc) is 1.85. The van der Waals surface area contributed by atoms with Gasteiger partial charge in [0.25, 0.3) is 7.28 Å². The normalized spacial score (nSPS) is 18.6. The maximum Gasteiger partial charge on any atom is 0.253 e. The van der Waals surface area contributed by atoms with E-state index in [2.05, 4.69) is 4.99 Å². The van der Waals surface area contributed by atoms with E-state index >= 15 is 0 Å². The van der Waals surface area contributed by atoms with Crippen LogP contribution >= 0.6 is 34.8 Å². The highest BCUT2D eigenvalue weighted by molar-refractivity contribution is 7.07. The van der Waals surface area contributed by atoms with Gasteiger partial charge in [-0.05, 0) is 0 Å². The minimum absolute atomic E-state index is 0.261. The van der Waals surface area contributed by atoms with Crippen molar-refractivity contribution in [1.82, 2.24) is 0 Å². The van der Waals surface area contributed by atoms with Gasteiger partial charge in [-0.2, -0.15) is 0 Å². The summed E-state index contributed by atoms with van der Waals surface area (Å²) in [5.41, 5.74) is 0. The van der Waals surface area contributed by atoms with Crippen molar-refractivity contribution < 1.29 is 0 Å². The van der Waals surface area contributed by atoms with Gasteiger partial charge in [-0.25, -0.2) is 4.99 Å². The highest BCUT2D eigenvalue weighted by atomic mass is 35.5. The van der Waals surface area contributed by atoms with Gasteiger partial charge in [-0.1, -0.05) is 34.8 Å². The average molecular weight is 167 g/mol. The molecule has 5 heteroatoms. The molecule has 1 nitrogen and oxygen atoms in total. The van der Waals surface area contributed by atoms with E-state index in [0.29, 0.717) is 10.0 Å². The van der Waals surface area contributed by atoms with Crippen LogP contribution in [0.2, 0.25) is 0 Å². The highest BCUT2D eigenvalue weighted by Crippen LogP contribution is 2.20. The number of hydrogen-bond acceptors (Lipinski definition) is 1. The van der Waals surface area contributed by atoms with Gasteiger partial charge in [-0.15, -0.1) is 0 Å².